The molecule has 1 spiro atoms. The fraction of sp³-hybridized carbons (Fsp3) is 0.407. The number of aryl methyl sites for hydroxylation is 1. The largest absolute Gasteiger partial charge is 0.486 e. The minimum Gasteiger partial charge on any atom is -0.486 e. The van der Waals surface area contributed by atoms with Crippen molar-refractivity contribution in [3.8, 4) is 5.75 Å². The number of ether oxygens (including phenoxy) is 1. The number of hydrogen-bond acceptors (Lipinski definition) is 4. The predicted octanol–water partition coefficient (Wildman–Crippen LogP) is 5.86. The van der Waals surface area contributed by atoms with Crippen molar-refractivity contribution in [2.45, 2.75) is 58.0 Å². The van der Waals surface area contributed by atoms with Crippen LogP contribution in [-0.4, -0.2) is 23.8 Å². The van der Waals surface area contributed by atoms with Crippen LogP contribution < -0.4 is 9.64 Å². The van der Waals surface area contributed by atoms with Gasteiger partial charge in [-0.15, -0.1) is 0 Å². The summed E-state index contributed by atoms with van der Waals surface area (Å²) in [7, 11) is 0. The monoisotopic (exact) mass is 429 g/mol. The topological polar surface area (TPSA) is 59.8 Å². The summed E-state index contributed by atoms with van der Waals surface area (Å²) < 4.78 is 12.6. The first-order valence-electron chi connectivity index (χ1n) is 11.6. The first kappa shape index (κ1) is 19.6. The highest BCUT2D eigenvalue weighted by Crippen LogP contribution is 2.46. The van der Waals surface area contributed by atoms with Crippen LogP contribution in [-0.2, 0) is 6.42 Å². The maximum Gasteiger partial charge on any atom is 0.294 e. The lowest BCUT2D eigenvalue weighted by atomic mass is 9.74. The molecule has 0 bridgehead atoms. The van der Waals surface area contributed by atoms with Gasteiger partial charge >= 0.3 is 0 Å². The summed E-state index contributed by atoms with van der Waals surface area (Å²) in [5.74, 6) is 1.58. The first-order chi connectivity index (χ1) is 15.5. The van der Waals surface area contributed by atoms with Gasteiger partial charge in [0.25, 0.3) is 5.91 Å². The number of hydrogen-bond donors (Lipinski definition) is 0. The van der Waals surface area contributed by atoms with Gasteiger partial charge in [-0.05, 0) is 68.7 Å². The summed E-state index contributed by atoms with van der Waals surface area (Å²) in [6, 6.07) is 11.7. The lowest BCUT2D eigenvalue weighted by Crippen LogP contribution is -2.44. The van der Waals surface area contributed by atoms with E-state index in [2.05, 4.69) is 13.0 Å². The van der Waals surface area contributed by atoms with Crippen molar-refractivity contribution in [3.05, 3.63) is 58.8 Å². The molecule has 0 saturated heterocycles. The summed E-state index contributed by atoms with van der Waals surface area (Å²) in [6.07, 6.45) is 5.25. The molecule has 1 amide bonds. The standard InChI is InChI=1S/C27H27NO4/c1-16-9-12-27(13-10-16)15-20(29)24-22(32-27)8-7-21-23(24)17(2)25(31-21)26(30)28-14-11-18-5-3-4-6-19(18)28/h3-8,16H,9-15H2,1-2H3. The molecule has 3 heterocycles. The summed E-state index contributed by atoms with van der Waals surface area (Å²) >= 11 is 0. The van der Waals surface area contributed by atoms with Crippen molar-refractivity contribution < 1.29 is 18.7 Å². The maximum atomic E-state index is 13.4. The zero-order valence-electron chi connectivity index (χ0n) is 18.6. The van der Waals surface area contributed by atoms with Gasteiger partial charge in [0.05, 0.1) is 12.0 Å². The molecule has 1 fully saturated rings. The number of carbonyl (C=O) groups is 2. The fourth-order valence-electron chi connectivity index (χ4n) is 5.78. The molecule has 2 aliphatic heterocycles. The first-order valence-corrected chi connectivity index (χ1v) is 11.6. The van der Waals surface area contributed by atoms with E-state index in [-0.39, 0.29) is 17.3 Å². The molecule has 0 unspecified atom stereocenters. The molecular weight excluding hydrogens is 402 g/mol. The number of rotatable bonds is 1. The number of para-hydroxylation sites is 1. The van der Waals surface area contributed by atoms with Gasteiger partial charge in [0.15, 0.2) is 11.5 Å². The van der Waals surface area contributed by atoms with Crippen LogP contribution in [0.4, 0.5) is 5.69 Å². The lowest BCUT2D eigenvalue weighted by molar-refractivity contribution is 0.00430. The van der Waals surface area contributed by atoms with E-state index in [0.717, 1.165) is 48.7 Å². The Morgan fingerprint density at radius 2 is 1.91 bits per heavy atom. The number of furan rings is 1. The minimum atomic E-state index is -0.375. The van der Waals surface area contributed by atoms with Gasteiger partial charge in [-0.1, -0.05) is 25.1 Å². The number of carbonyl (C=O) groups excluding carboxylic acids is 2. The summed E-state index contributed by atoms with van der Waals surface area (Å²) in [5.41, 5.74) is 3.60. The zero-order valence-corrected chi connectivity index (χ0v) is 18.6. The molecule has 5 heteroatoms. The van der Waals surface area contributed by atoms with E-state index in [0.29, 0.717) is 41.5 Å². The maximum absolute atomic E-state index is 13.4. The van der Waals surface area contributed by atoms with Gasteiger partial charge in [-0.2, -0.15) is 0 Å². The molecule has 1 aromatic heterocycles. The number of Topliss-reactive ketones (excluding diaryl/α,β-unsaturated/α-hetero) is 1. The Balaban J connectivity index is 1.40. The molecule has 1 saturated carbocycles. The van der Waals surface area contributed by atoms with Crippen molar-refractivity contribution in [1.82, 2.24) is 0 Å². The van der Waals surface area contributed by atoms with Crippen LogP contribution in [0.25, 0.3) is 11.0 Å². The smallest absolute Gasteiger partial charge is 0.294 e. The number of amides is 1. The number of benzene rings is 2. The summed E-state index contributed by atoms with van der Waals surface area (Å²) in [6.45, 7) is 4.78. The van der Waals surface area contributed by atoms with E-state index in [9.17, 15) is 9.59 Å². The average molecular weight is 430 g/mol. The minimum absolute atomic E-state index is 0.0980. The van der Waals surface area contributed by atoms with E-state index in [1.165, 1.54) is 5.56 Å². The van der Waals surface area contributed by atoms with Gasteiger partial charge in [0, 0.05) is 23.2 Å². The fourth-order valence-corrected chi connectivity index (χ4v) is 5.78. The van der Waals surface area contributed by atoms with E-state index in [1.807, 2.05) is 37.3 Å². The highest BCUT2D eigenvalue weighted by Gasteiger charge is 2.44. The third-order valence-corrected chi connectivity index (χ3v) is 7.66. The summed E-state index contributed by atoms with van der Waals surface area (Å²) in [4.78, 5) is 28.6. The molecule has 5 nitrogen and oxygen atoms in total. The van der Waals surface area contributed by atoms with Gasteiger partial charge < -0.3 is 14.1 Å². The molecular formula is C27H27NO4. The molecule has 1 aliphatic carbocycles. The second-order valence-corrected chi connectivity index (χ2v) is 9.77. The molecule has 3 aromatic rings. The molecule has 32 heavy (non-hydrogen) atoms. The lowest BCUT2D eigenvalue weighted by Gasteiger charge is -2.42. The SMILES string of the molecule is Cc1c(C(=O)N2CCc3ccccc32)oc2ccc3c(c12)C(=O)CC1(CCC(C)CC1)O3. The van der Waals surface area contributed by atoms with Crippen LogP contribution in [0.3, 0.4) is 0 Å². The Morgan fingerprint density at radius 1 is 1.12 bits per heavy atom. The molecule has 164 valence electrons. The molecule has 0 N–H and O–H groups in total. The Morgan fingerprint density at radius 3 is 2.72 bits per heavy atom. The Labute approximate surface area is 187 Å². The third kappa shape index (κ3) is 2.83. The van der Waals surface area contributed by atoms with Crippen molar-refractivity contribution in [3.63, 3.8) is 0 Å². The van der Waals surface area contributed by atoms with Crippen molar-refractivity contribution in [2.24, 2.45) is 5.92 Å². The van der Waals surface area contributed by atoms with Gasteiger partial charge in [-0.3, -0.25) is 9.59 Å². The quantitative estimate of drug-likeness (QED) is 0.486. The molecule has 3 aliphatic rings. The predicted molar refractivity (Wildman–Crippen MR) is 123 cm³/mol. The molecule has 6 rings (SSSR count). The van der Waals surface area contributed by atoms with Crippen LogP contribution in [0.5, 0.6) is 5.75 Å². The van der Waals surface area contributed by atoms with Gasteiger partial charge in [0.1, 0.15) is 16.9 Å². The second kappa shape index (κ2) is 6.96. The number of anilines is 1. The Bertz CT molecular complexity index is 1260. The normalized spacial score (nSPS) is 24.5. The van der Waals surface area contributed by atoms with Gasteiger partial charge in [0.2, 0.25) is 0 Å². The zero-order chi connectivity index (χ0) is 22.0. The number of nitrogens with zero attached hydrogens (tertiary/aromatic N) is 1. The van der Waals surface area contributed by atoms with Crippen molar-refractivity contribution in [2.75, 3.05) is 11.4 Å². The Hall–Kier alpha value is -3.08. The van der Waals surface area contributed by atoms with Crippen LogP contribution in [0.1, 0.15) is 71.1 Å². The van der Waals surface area contributed by atoms with E-state index in [1.54, 1.807) is 4.90 Å². The van der Waals surface area contributed by atoms with Crippen LogP contribution in [0.2, 0.25) is 0 Å². The van der Waals surface area contributed by atoms with E-state index >= 15 is 0 Å². The number of ketones is 1. The highest BCUT2D eigenvalue weighted by molar-refractivity contribution is 6.15. The molecule has 2 aromatic carbocycles. The van der Waals surface area contributed by atoms with Crippen LogP contribution in [0.15, 0.2) is 40.8 Å². The van der Waals surface area contributed by atoms with Gasteiger partial charge in [-0.25, -0.2) is 0 Å². The van der Waals surface area contributed by atoms with E-state index < -0.39 is 0 Å². The van der Waals surface area contributed by atoms with Crippen LogP contribution >= 0.6 is 0 Å². The van der Waals surface area contributed by atoms with Crippen molar-refractivity contribution >= 4 is 28.3 Å². The Kier molecular flexibility index (Phi) is 4.26. The second-order valence-electron chi connectivity index (χ2n) is 9.77. The number of fused-ring (bicyclic) bond motifs is 4. The van der Waals surface area contributed by atoms with Crippen LogP contribution in [0, 0.1) is 12.8 Å². The average Bonchev–Trinajstić information content (AvgIpc) is 3.37. The molecule has 0 atom stereocenters. The third-order valence-electron chi connectivity index (χ3n) is 7.66. The van der Waals surface area contributed by atoms with Crippen molar-refractivity contribution in [1.29, 1.82) is 0 Å². The molecule has 0 radical (unpaired) electrons. The highest BCUT2D eigenvalue weighted by atomic mass is 16.5. The van der Waals surface area contributed by atoms with E-state index in [4.69, 9.17) is 9.15 Å². The summed E-state index contributed by atoms with van der Waals surface area (Å²) in [5, 5.41) is 0.724.